The quantitative estimate of drug-likeness (QED) is 0.277. The van der Waals surface area contributed by atoms with Gasteiger partial charge < -0.3 is 10.2 Å². The summed E-state index contributed by atoms with van der Waals surface area (Å²) < 4.78 is 0.976. The number of carbonyl (C=O) groups is 2. The zero-order valence-electron chi connectivity index (χ0n) is 21.0. The topological polar surface area (TPSA) is 49.4 Å². The lowest BCUT2D eigenvalue weighted by Gasteiger charge is -2.33. The molecule has 1 fully saturated rings. The van der Waals surface area contributed by atoms with Gasteiger partial charge in [-0.15, -0.1) is 0 Å². The van der Waals surface area contributed by atoms with E-state index >= 15 is 0 Å². The van der Waals surface area contributed by atoms with Gasteiger partial charge in [0.2, 0.25) is 11.8 Å². The second-order valence-corrected chi connectivity index (χ2v) is 11.1. The Morgan fingerprint density at radius 1 is 0.892 bits per heavy atom. The first kappa shape index (κ1) is 27.4. The van der Waals surface area contributed by atoms with E-state index in [2.05, 4.69) is 21.2 Å². The van der Waals surface area contributed by atoms with Crippen molar-refractivity contribution >= 4 is 39.3 Å². The van der Waals surface area contributed by atoms with Gasteiger partial charge in [-0.3, -0.25) is 9.59 Å². The molecule has 0 bridgehead atoms. The van der Waals surface area contributed by atoms with Crippen molar-refractivity contribution in [1.82, 2.24) is 10.2 Å². The number of benzene rings is 3. The van der Waals surface area contributed by atoms with Gasteiger partial charge in [-0.05, 0) is 54.2 Å². The van der Waals surface area contributed by atoms with E-state index in [1.54, 1.807) is 4.90 Å². The molecule has 0 unspecified atom stereocenters. The fourth-order valence-corrected chi connectivity index (χ4v) is 5.47. The van der Waals surface area contributed by atoms with Crippen molar-refractivity contribution in [1.29, 1.82) is 0 Å². The van der Waals surface area contributed by atoms with Crippen LogP contribution in [-0.2, 0) is 29.0 Å². The molecule has 0 aliphatic heterocycles. The summed E-state index contributed by atoms with van der Waals surface area (Å²) in [7, 11) is 0. The summed E-state index contributed by atoms with van der Waals surface area (Å²) in [6.07, 6.45) is 6.75. The van der Waals surface area contributed by atoms with Crippen LogP contribution in [0.5, 0.6) is 0 Å². The molecule has 0 spiro atoms. The SMILES string of the molecule is O=C(NC1CCCCC1)[C@H](Cc1ccccc1)N(Cc1ccc(Br)cc1)C(=O)CCc1ccccc1Cl. The molecule has 194 valence electrons. The first-order valence-corrected chi connectivity index (χ1v) is 14.3. The minimum atomic E-state index is -0.605. The number of nitrogens with zero attached hydrogens (tertiary/aromatic N) is 1. The molecule has 1 N–H and O–H groups in total. The highest BCUT2D eigenvalue weighted by Gasteiger charge is 2.31. The maximum Gasteiger partial charge on any atom is 0.243 e. The standard InChI is InChI=1S/C31H34BrClN2O2/c32-26-18-15-24(16-19-26)22-35(30(36)20-17-25-11-7-8-14-28(25)33)29(21-23-9-3-1-4-10-23)31(37)34-27-12-5-2-6-13-27/h1,3-4,7-11,14-16,18-19,27,29H,2,5-6,12-13,17,20-22H2,(H,34,37)/t29-/m0/s1. The maximum absolute atomic E-state index is 13.8. The lowest BCUT2D eigenvalue weighted by molar-refractivity contribution is -0.141. The largest absolute Gasteiger partial charge is 0.352 e. The highest BCUT2D eigenvalue weighted by atomic mass is 79.9. The van der Waals surface area contributed by atoms with Crippen molar-refractivity contribution in [2.75, 3.05) is 0 Å². The molecule has 1 aliphatic carbocycles. The van der Waals surface area contributed by atoms with Gasteiger partial charge in [-0.25, -0.2) is 0 Å². The van der Waals surface area contributed by atoms with Crippen LogP contribution < -0.4 is 5.32 Å². The van der Waals surface area contributed by atoms with E-state index in [1.807, 2.05) is 78.9 Å². The highest BCUT2D eigenvalue weighted by Crippen LogP contribution is 2.22. The minimum Gasteiger partial charge on any atom is -0.352 e. The third-order valence-electron chi connectivity index (χ3n) is 7.05. The first-order chi connectivity index (χ1) is 18.0. The van der Waals surface area contributed by atoms with Crippen LogP contribution >= 0.6 is 27.5 Å². The lowest BCUT2D eigenvalue weighted by Crippen LogP contribution is -2.52. The molecule has 0 heterocycles. The fraction of sp³-hybridized carbons (Fsp3) is 0.355. The molecular formula is C31H34BrClN2O2. The minimum absolute atomic E-state index is 0.0532. The van der Waals surface area contributed by atoms with E-state index in [1.165, 1.54) is 6.42 Å². The molecule has 1 atom stereocenters. The van der Waals surface area contributed by atoms with Crippen molar-refractivity contribution in [3.63, 3.8) is 0 Å². The number of carbonyl (C=O) groups excluding carboxylic acids is 2. The van der Waals surface area contributed by atoms with Crippen LogP contribution in [0.1, 0.15) is 55.2 Å². The molecule has 0 radical (unpaired) electrons. The third-order valence-corrected chi connectivity index (χ3v) is 7.95. The average molecular weight is 582 g/mol. The van der Waals surface area contributed by atoms with Gasteiger partial charge in [0.25, 0.3) is 0 Å². The van der Waals surface area contributed by atoms with Crippen molar-refractivity contribution in [3.05, 3.63) is 105 Å². The normalized spacial score (nSPS) is 14.6. The van der Waals surface area contributed by atoms with E-state index < -0.39 is 6.04 Å². The number of hydrogen-bond donors (Lipinski definition) is 1. The molecule has 0 aromatic heterocycles. The Morgan fingerprint density at radius 2 is 1.57 bits per heavy atom. The molecule has 6 heteroatoms. The number of nitrogens with one attached hydrogen (secondary N) is 1. The third kappa shape index (κ3) is 8.18. The van der Waals surface area contributed by atoms with Gasteiger partial charge in [0.05, 0.1) is 0 Å². The van der Waals surface area contributed by atoms with Gasteiger partial charge in [0.15, 0.2) is 0 Å². The first-order valence-electron chi connectivity index (χ1n) is 13.1. The highest BCUT2D eigenvalue weighted by molar-refractivity contribution is 9.10. The summed E-state index contributed by atoms with van der Waals surface area (Å²) in [5.41, 5.74) is 2.95. The Balaban J connectivity index is 1.61. The van der Waals surface area contributed by atoms with Gasteiger partial charge in [0.1, 0.15) is 6.04 Å². The summed E-state index contributed by atoms with van der Waals surface area (Å²) >= 11 is 9.86. The second-order valence-electron chi connectivity index (χ2n) is 9.79. The summed E-state index contributed by atoms with van der Waals surface area (Å²) in [6.45, 7) is 0.365. The molecule has 1 saturated carbocycles. The van der Waals surface area contributed by atoms with Crippen molar-refractivity contribution < 1.29 is 9.59 Å². The summed E-state index contributed by atoms with van der Waals surface area (Å²) in [4.78, 5) is 29.4. The van der Waals surface area contributed by atoms with Crippen LogP contribution in [0.25, 0.3) is 0 Å². The lowest BCUT2D eigenvalue weighted by atomic mass is 9.94. The Kier molecular flexibility index (Phi) is 10.2. The number of amides is 2. The van der Waals surface area contributed by atoms with Crippen LogP contribution in [0.2, 0.25) is 5.02 Å². The van der Waals surface area contributed by atoms with Crippen LogP contribution in [-0.4, -0.2) is 28.8 Å². The fourth-order valence-electron chi connectivity index (χ4n) is 4.97. The van der Waals surface area contributed by atoms with Crippen molar-refractivity contribution in [2.24, 2.45) is 0 Å². The number of halogens is 2. The number of aryl methyl sites for hydroxylation is 1. The Hall–Kier alpha value is -2.63. The molecule has 4 nitrogen and oxygen atoms in total. The summed E-state index contributed by atoms with van der Waals surface area (Å²) in [5.74, 6) is -0.124. The second kappa shape index (κ2) is 13.8. The van der Waals surface area contributed by atoms with E-state index in [0.717, 1.165) is 46.8 Å². The molecule has 4 rings (SSSR count). The van der Waals surface area contributed by atoms with Crippen molar-refractivity contribution in [2.45, 2.75) is 70.0 Å². The number of rotatable bonds is 10. The van der Waals surface area contributed by atoms with E-state index in [4.69, 9.17) is 11.6 Å². The predicted molar refractivity (Wildman–Crippen MR) is 153 cm³/mol. The zero-order chi connectivity index (χ0) is 26.0. The zero-order valence-corrected chi connectivity index (χ0v) is 23.4. The van der Waals surface area contributed by atoms with Gasteiger partial charge >= 0.3 is 0 Å². The van der Waals surface area contributed by atoms with E-state index in [0.29, 0.717) is 24.4 Å². The molecule has 37 heavy (non-hydrogen) atoms. The predicted octanol–water partition coefficient (Wildman–Crippen LogP) is 7.12. The molecule has 3 aromatic carbocycles. The van der Waals surface area contributed by atoms with Crippen LogP contribution in [0, 0.1) is 0 Å². The maximum atomic E-state index is 13.8. The Morgan fingerprint density at radius 3 is 2.27 bits per heavy atom. The molecule has 3 aromatic rings. The summed E-state index contributed by atoms with van der Waals surface area (Å²) in [6, 6.07) is 25.1. The average Bonchev–Trinajstić information content (AvgIpc) is 2.92. The van der Waals surface area contributed by atoms with Gasteiger partial charge in [0, 0.05) is 34.9 Å². The van der Waals surface area contributed by atoms with Crippen LogP contribution in [0.15, 0.2) is 83.3 Å². The van der Waals surface area contributed by atoms with Crippen LogP contribution in [0.3, 0.4) is 0 Å². The van der Waals surface area contributed by atoms with Crippen molar-refractivity contribution in [3.8, 4) is 0 Å². The van der Waals surface area contributed by atoms with Gasteiger partial charge in [-0.2, -0.15) is 0 Å². The van der Waals surface area contributed by atoms with Crippen LogP contribution in [0.4, 0.5) is 0 Å². The molecular weight excluding hydrogens is 548 g/mol. The number of hydrogen-bond acceptors (Lipinski definition) is 2. The monoisotopic (exact) mass is 580 g/mol. The van der Waals surface area contributed by atoms with E-state index in [-0.39, 0.29) is 24.3 Å². The Bertz CT molecular complexity index is 1160. The smallest absolute Gasteiger partial charge is 0.243 e. The van der Waals surface area contributed by atoms with E-state index in [9.17, 15) is 9.59 Å². The Labute approximate surface area is 233 Å². The molecule has 1 aliphatic rings. The molecule has 2 amide bonds. The summed E-state index contributed by atoms with van der Waals surface area (Å²) in [5, 5.41) is 3.95. The van der Waals surface area contributed by atoms with Gasteiger partial charge in [-0.1, -0.05) is 107 Å². The molecule has 0 saturated heterocycles.